The zero-order valence-electron chi connectivity index (χ0n) is 14.1. The van der Waals surface area contributed by atoms with Gasteiger partial charge in [0, 0.05) is 14.1 Å². The van der Waals surface area contributed by atoms with Crippen LogP contribution in [0.4, 0.5) is 5.69 Å². The molecule has 0 aliphatic carbocycles. The maximum Gasteiger partial charge on any atom is 1.00 e. The van der Waals surface area contributed by atoms with Crippen molar-refractivity contribution in [3.05, 3.63) is 65.7 Å². The topological polar surface area (TPSA) is 91.6 Å². The van der Waals surface area contributed by atoms with Crippen LogP contribution in [0.1, 0.15) is 11.1 Å². The minimum absolute atomic E-state index is 0. The molecule has 0 heterocycles. The van der Waals surface area contributed by atoms with Crippen LogP contribution in [0.3, 0.4) is 0 Å². The molecule has 0 aromatic heterocycles. The second kappa shape index (κ2) is 9.69. The van der Waals surface area contributed by atoms with Crippen LogP contribution in [-0.4, -0.2) is 32.1 Å². The van der Waals surface area contributed by atoms with Gasteiger partial charge in [0.15, 0.2) is 0 Å². The van der Waals surface area contributed by atoms with Crippen LogP contribution in [0, 0.1) is 6.07 Å². The van der Waals surface area contributed by atoms with Gasteiger partial charge in [0.05, 0.1) is 11.4 Å². The summed E-state index contributed by atoms with van der Waals surface area (Å²) in [6, 6.07) is 16.4. The Bertz CT molecular complexity index is 835. The van der Waals surface area contributed by atoms with Gasteiger partial charge in [0.2, 0.25) is 0 Å². The van der Waals surface area contributed by atoms with Crippen molar-refractivity contribution in [2.75, 3.05) is 14.1 Å². The molecule has 1 N–H and O–H groups in total. The van der Waals surface area contributed by atoms with E-state index in [1.807, 2.05) is 0 Å². The van der Waals surface area contributed by atoms with Crippen LogP contribution in [0.15, 0.2) is 58.9 Å². The average Bonchev–Trinajstić information content (AvgIpc) is 2.53. The summed E-state index contributed by atoms with van der Waals surface area (Å²) in [6.07, 6.45) is 1.48. The predicted molar refractivity (Wildman–Crippen MR) is 90.4 cm³/mol. The average molecular weight is 369 g/mol. The van der Waals surface area contributed by atoms with Crippen molar-refractivity contribution in [2.45, 2.75) is 0 Å². The summed E-state index contributed by atoms with van der Waals surface area (Å²) in [5, 5.41) is 9.45. The predicted octanol–water partition coefficient (Wildman–Crippen LogP) is 0.369. The molecule has 0 fully saturated rings. The summed E-state index contributed by atoms with van der Waals surface area (Å²) in [7, 11) is -1.13. The molecule has 0 saturated carbocycles. The van der Waals surface area contributed by atoms with E-state index in [2.05, 4.69) is 20.6 Å². The fourth-order valence-corrected chi connectivity index (χ4v) is 2.10. The van der Waals surface area contributed by atoms with Crippen LogP contribution in [-0.2, 0) is 14.6 Å². The molecule has 126 valence electrons. The fourth-order valence-electron chi connectivity index (χ4n) is 1.74. The Morgan fingerprint density at radius 3 is 2.40 bits per heavy atom. The van der Waals surface area contributed by atoms with Crippen molar-refractivity contribution in [3.8, 4) is 0 Å². The van der Waals surface area contributed by atoms with E-state index >= 15 is 0 Å². The van der Waals surface area contributed by atoms with Gasteiger partial charge < -0.3 is 4.18 Å². The molecule has 0 bridgehead atoms. The summed E-state index contributed by atoms with van der Waals surface area (Å²) in [5.74, 6) is -0.0410. The van der Waals surface area contributed by atoms with Gasteiger partial charge in [0.1, 0.15) is 0 Å². The van der Waals surface area contributed by atoms with Gasteiger partial charge in [-0.2, -0.15) is 8.42 Å². The smallest absolute Gasteiger partial charge is 0.409 e. The number of hydrogen-bond donors (Lipinski definition) is 1. The molecule has 2 aromatic carbocycles. The third kappa shape index (κ3) is 7.80. The van der Waals surface area contributed by atoms with Gasteiger partial charge in [0.25, 0.3) is 0 Å². The molecule has 0 unspecified atom stereocenters. The first-order valence-electron chi connectivity index (χ1n) is 6.88. The second-order valence-electron chi connectivity index (χ2n) is 4.92. The van der Waals surface area contributed by atoms with Crippen molar-refractivity contribution < 1.29 is 46.7 Å². The van der Waals surface area contributed by atoms with E-state index in [4.69, 9.17) is 4.55 Å². The maximum atomic E-state index is 11.1. The first-order chi connectivity index (χ1) is 11.3. The van der Waals surface area contributed by atoms with Gasteiger partial charge in [-0.25, -0.2) is 0 Å². The summed E-state index contributed by atoms with van der Waals surface area (Å²) in [5.41, 5.74) is 1.70. The quantitative estimate of drug-likeness (QED) is 0.151. The van der Waals surface area contributed by atoms with Crippen molar-refractivity contribution in [3.63, 3.8) is 0 Å². The van der Waals surface area contributed by atoms with Crippen LogP contribution in [0.2, 0.25) is 0 Å². The molecule has 0 aliphatic rings. The normalized spacial score (nSPS) is 11.9. The first-order valence-corrected chi connectivity index (χ1v) is 8.25. The zero-order chi connectivity index (χ0) is 17.6. The van der Waals surface area contributed by atoms with Gasteiger partial charge in [-0.05, 0) is 17.7 Å². The largest absolute Gasteiger partial charge is 1.00 e. The third-order valence-electron chi connectivity index (χ3n) is 2.70. The Morgan fingerprint density at radius 2 is 1.88 bits per heavy atom. The van der Waals surface area contributed by atoms with Crippen molar-refractivity contribution in [1.29, 1.82) is 0 Å². The molecule has 7 nitrogen and oxygen atoms in total. The molecule has 9 heteroatoms. The monoisotopic (exact) mass is 369 g/mol. The summed E-state index contributed by atoms with van der Waals surface area (Å²) >= 11 is 0. The molecule has 0 spiro atoms. The number of nitrogens with zero attached hydrogens (tertiary/aromatic N) is 3. The summed E-state index contributed by atoms with van der Waals surface area (Å²) in [4.78, 5) is 0. The van der Waals surface area contributed by atoms with E-state index in [9.17, 15) is 8.42 Å². The molecule has 2 aromatic rings. The minimum Gasteiger partial charge on any atom is -0.409 e. The molecule has 0 amide bonds. The molecule has 0 aliphatic heterocycles. The fraction of sp³-hybridized carbons (Fsp3) is 0.125. The number of hydrogen-bond acceptors (Lipinski definition) is 5. The van der Waals surface area contributed by atoms with E-state index in [0.717, 1.165) is 0 Å². The number of benzene rings is 2. The number of rotatable bonds is 6. The Kier molecular flexibility index (Phi) is 8.27. The van der Waals surface area contributed by atoms with Crippen LogP contribution in [0.5, 0.6) is 0 Å². The van der Waals surface area contributed by atoms with Crippen molar-refractivity contribution >= 4 is 27.9 Å². The Hall–Kier alpha value is -1.71. The molecule has 0 saturated heterocycles. The van der Waals surface area contributed by atoms with E-state index in [1.54, 1.807) is 67.6 Å². The molecule has 0 atom stereocenters. The maximum absolute atomic E-state index is 11.1. The molecule has 0 radical (unpaired) electrons. The van der Waals surface area contributed by atoms with Gasteiger partial charge in [-0.1, -0.05) is 23.4 Å². The van der Waals surface area contributed by atoms with Crippen LogP contribution in [0.25, 0.3) is 11.8 Å². The van der Waals surface area contributed by atoms with Crippen LogP contribution < -0.4 is 29.6 Å². The second-order valence-corrected chi connectivity index (χ2v) is 5.95. The Balaban J connectivity index is 0.00000312. The van der Waals surface area contributed by atoms with E-state index in [0.29, 0.717) is 16.8 Å². The van der Waals surface area contributed by atoms with E-state index in [1.165, 1.54) is 6.08 Å². The van der Waals surface area contributed by atoms with Crippen LogP contribution >= 0.6 is 0 Å². The minimum atomic E-state index is -4.65. The van der Waals surface area contributed by atoms with Gasteiger partial charge >= 0.3 is 40.0 Å². The molecular formula is C16H16N3NaO4S. The SMILES string of the molecule is CN(C)N=Nc1ccc(/C=C(\OS(=O)(=O)O)c2[c-]cccc2)cc1.[Na+]. The standard InChI is InChI=1S/C16H16N3O4S.Na/c1-19(2)18-17-15-10-8-13(9-11-15)12-16(23-24(20,21)22)14-6-4-3-5-7-14;/h3-6,8-12H,1-2H3,(H,20,21,22);/q-1;+1/b16-12-,18-17?;. The van der Waals surface area contributed by atoms with Crippen molar-refractivity contribution in [1.82, 2.24) is 5.01 Å². The third-order valence-corrected chi connectivity index (χ3v) is 3.09. The Morgan fingerprint density at radius 1 is 1.20 bits per heavy atom. The van der Waals surface area contributed by atoms with Gasteiger partial charge in [-0.3, -0.25) is 9.56 Å². The van der Waals surface area contributed by atoms with E-state index < -0.39 is 10.4 Å². The van der Waals surface area contributed by atoms with E-state index in [-0.39, 0.29) is 35.3 Å². The first kappa shape index (κ1) is 21.3. The molecular weight excluding hydrogens is 353 g/mol. The van der Waals surface area contributed by atoms with Gasteiger partial charge in [-0.15, -0.1) is 41.0 Å². The molecule has 2 rings (SSSR count). The molecule has 25 heavy (non-hydrogen) atoms. The zero-order valence-corrected chi connectivity index (χ0v) is 16.9. The summed E-state index contributed by atoms with van der Waals surface area (Å²) in [6.45, 7) is 0. The Labute approximate surface area is 169 Å². The summed E-state index contributed by atoms with van der Waals surface area (Å²) < 4.78 is 35.7. The van der Waals surface area contributed by atoms with Crippen molar-refractivity contribution in [2.24, 2.45) is 10.3 Å².